The average Bonchev–Trinajstić information content (AvgIpc) is 2.63. The summed E-state index contributed by atoms with van der Waals surface area (Å²) in [5.74, 6) is -1.89. The van der Waals surface area contributed by atoms with E-state index in [9.17, 15) is 22.4 Å². The molecule has 1 N–H and O–H groups in total. The molecule has 0 aromatic heterocycles. The van der Waals surface area contributed by atoms with Gasteiger partial charge in [-0.2, -0.15) is 13.2 Å². The van der Waals surface area contributed by atoms with Crippen molar-refractivity contribution in [3.63, 3.8) is 0 Å². The summed E-state index contributed by atoms with van der Waals surface area (Å²) in [4.78, 5) is 14.8. The van der Waals surface area contributed by atoms with Crippen molar-refractivity contribution < 1.29 is 22.4 Å². The minimum atomic E-state index is -4.44. The Kier molecular flexibility index (Phi) is 5.51. The van der Waals surface area contributed by atoms with E-state index in [0.717, 1.165) is 12.1 Å². The van der Waals surface area contributed by atoms with Crippen LogP contribution in [0.15, 0.2) is 48.5 Å². The van der Waals surface area contributed by atoms with E-state index in [4.69, 9.17) is 0 Å². The fraction of sp³-hybridized carbons (Fsp3) is 0.350. The number of nitrogens with zero attached hydrogens (tertiary/aromatic N) is 1. The molecule has 0 bridgehead atoms. The molecule has 0 unspecified atom stereocenters. The minimum Gasteiger partial charge on any atom is -0.323 e. The number of carbonyl (C=O) groups is 1. The Balaban J connectivity index is 1.87. The largest absolute Gasteiger partial charge is 0.416 e. The quantitative estimate of drug-likeness (QED) is 0.795. The van der Waals surface area contributed by atoms with Gasteiger partial charge in [-0.1, -0.05) is 30.3 Å². The monoisotopic (exact) mass is 380 g/mol. The van der Waals surface area contributed by atoms with Crippen LogP contribution in [0.2, 0.25) is 0 Å². The van der Waals surface area contributed by atoms with E-state index < -0.39 is 29.4 Å². The number of rotatable bonds is 3. The van der Waals surface area contributed by atoms with Crippen LogP contribution in [0.4, 0.5) is 23.2 Å². The Bertz CT molecular complexity index is 822. The first-order valence-electron chi connectivity index (χ1n) is 8.67. The topological polar surface area (TPSA) is 32.3 Å². The van der Waals surface area contributed by atoms with Crippen molar-refractivity contribution in [1.82, 2.24) is 4.90 Å². The van der Waals surface area contributed by atoms with Crippen LogP contribution < -0.4 is 5.32 Å². The molecular formula is C20H20F4N2O. The summed E-state index contributed by atoms with van der Waals surface area (Å²) in [5, 5.41) is 2.58. The van der Waals surface area contributed by atoms with Crippen LogP contribution in [0.1, 0.15) is 23.5 Å². The molecule has 144 valence electrons. The Morgan fingerprint density at radius 1 is 1.15 bits per heavy atom. The fourth-order valence-electron chi connectivity index (χ4n) is 3.51. The standard InChI is InChI=1S/C20H20F4N2O/c1-26-10-9-15(13-5-4-6-14(11-13)20(22,23)24)16(12-26)19(27)25-18-8-3-2-7-17(18)21/h2-8,11,15-16H,9-10,12H2,1H3,(H,25,27)/t15-,16+/m1/s1. The molecular weight excluding hydrogens is 360 g/mol. The number of halogens is 4. The van der Waals surface area contributed by atoms with Crippen molar-refractivity contribution in [3.8, 4) is 0 Å². The molecule has 2 aromatic rings. The molecule has 0 spiro atoms. The Morgan fingerprint density at radius 2 is 1.89 bits per heavy atom. The fourth-order valence-corrected chi connectivity index (χ4v) is 3.51. The van der Waals surface area contributed by atoms with Crippen LogP contribution in [-0.4, -0.2) is 30.9 Å². The van der Waals surface area contributed by atoms with Crippen molar-refractivity contribution in [1.29, 1.82) is 0 Å². The maximum atomic E-state index is 13.8. The first-order chi connectivity index (χ1) is 12.8. The van der Waals surface area contributed by atoms with Crippen molar-refractivity contribution in [2.45, 2.75) is 18.5 Å². The molecule has 1 aliphatic heterocycles. The van der Waals surface area contributed by atoms with Gasteiger partial charge in [0.05, 0.1) is 17.2 Å². The zero-order valence-electron chi connectivity index (χ0n) is 14.8. The maximum Gasteiger partial charge on any atom is 0.416 e. The number of amides is 1. The second-order valence-electron chi connectivity index (χ2n) is 6.86. The van der Waals surface area contributed by atoms with Crippen molar-refractivity contribution in [3.05, 3.63) is 65.5 Å². The summed E-state index contributed by atoms with van der Waals surface area (Å²) < 4.78 is 53.0. The Labute approximate surface area is 155 Å². The molecule has 27 heavy (non-hydrogen) atoms. The zero-order valence-corrected chi connectivity index (χ0v) is 14.8. The molecule has 1 heterocycles. The highest BCUT2D eigenvalue weighted by molar-refractivity contribution is 5.93. The van der Waals surface area contributed by atoms with Gasteiger partial charge in [-0.3, -0.25) is 4.79 Å². The van der Waals surface area contributed by atoms with E-state index in [1.54, 1.807) is 12.1 Å². The molecule has 0 saturated carbocycles. The molecule has 1 aliphatic rings. The maximum absolute atomic E-state index is 13.8. The van der Waals surface area contributed by atoms with Gasteiger partial charge in [-0.25, -0.2) is 4.39 Å². The number of likely N-dealkylation sites (tertiary alicyclic amines) is 1. The lowest BCUT2D eigenvalue weighted by molar-refractivity contribution is -0.137. The Hall–Kier alpha value is -2.41. The van der Waals surface area contributed by atoms with E-state index in [1.165, 1.54) is 24.3 Å². The van der Waals surface area contributed by atoms with Crippen molar-refractivity contribution in [2.75, 3.05) is 25.5 Å². The average molecular weight is 380 g/mol. The third kappa shape index (κ3) is 4.47. The van der Waals surface area contributed by atoms with Gasteiger partial charge in [0.25, 0.3) is 0 Å². The number of alkyl halides is 3. The first-order valence-corrected chi connectivity index (χ1v) is 8.67. The summed E-state index contributed by atoms with van der Waals surface area (Å²) in [5.41, 5.74) is -0.183. The first kappa shape index (κ1) is 19.4. The van der Waals surface area contributed by atoms with Gasteiger partial charge in [0, 0.05) is 6.54 Å². The van der Waals surface area contributed by atoms with E-state index in [0.29, 0.717) is 25.1 Å². The molecule has 3 nitrogen and oxygen atoms in total. The van der Waals surface area contributed by atoms with Gasteiger partial charge in [-0.15, -0.1) is 0 Å². The van der Waals surface area contributed by atoms with Crippen LogP contribution in [0.3, 0.4) is 0 Å². The van der Waals surface area contributed by atoms with Crippen LogP contribution in [-0.2, 0) is 11.0 Å². The van der Waals surface area contributed by atoms with Gasteiger partial charge in [-0.05, 0) is 49.7 Å². The SMILES string of the molecule is CN1CC[C@H](c2cccc(C(F)(F)F)c2)[C@@H](C(=O)Nc2ccccc2F)C1. The molecule has 3 rings (SSSR count). The summed E-state index contributed by atoms with van der Waals surface area (Å²) in [7, 11) is 1.85. The zero-order chi connectivity index (χ0) is 19.6. The second kappa shape index (κ2) is 7.68. The number of hydrogen-bond donors (Lipinski definition) is 1. The molecule has 1 fully saturated rings. The van der Waals surface area contributed by atoms with Crippen molar-refractivity contribution >= 4 is 11.6 Å². The van der Waals surface area contributed by atoms with E-state index in [2.05, 4.69) is 5.32 Å². The number of para-hydroxylation sites is 1. The molecule has 1 saturated heterocycles. The highest BCUT2D eigenvalue weighted by Gasteiger charge is 2.36. The lowest BCUT2D eigenvalue weighted by Gasteiger charge is -2.36. The second-order valence-corrected chi connectivity index (χ2v) is 6.86. The summed E-state index contributed by atoms with van der Waals surface area (Å²) in [6.45, 7) is 1.06. The number of piperidine rings is 1. The predicted octanol–water partition coefficient (Wildman–Crippen LogP) is 4.52. The highest BCUT2D eigenvalue weighted by atomic mass is 19.4. The normalized spacial score (nSPS) is 21.1. The number of nitrogens with one attached hydrogen (secondary N) is 1. The molecule has 2 aromatic carbocycles. The van der Waals surface area contributed by atoms with Crippen LogP contribution in [0, 0.1) is 11.7 Å². The van der Waals surface area contributed by atoms with E-state index in [1.807, 2.05) is 11.9 Å². The number of anilines is 1. The molecule has 2 atom stereocenters. The van der Waals surface area contributed by atoms with E-state index in [-0.39, 0.29) is 11.6 Å². The van der Waals surface area contributed by atoms with E-state index >= 15 is 0 Å². The van der Waals surface area contributed by atoms with Gasteiger partial charge in [0.1, 0.15) is 5.82 Å². The number of hydrogen-bond acceptors (Lipinski definition) is 2. The number of benzene rings is 2. The van der Waals surface area contributed by atoms with Gasteiger partial charge in [0.2, 0.25) is 5.91 Å². The van der Waals surface area contributed by atoms with Crippen LogP contribution in [0.25, 0.3) is 0 Å². The van der Waals surface area contributed by atoms with Gasteiger partial charge < -0.3 is 10.2 Å². The molecule has 1 amide bonds. The van der Waals surface area contributed by atoms with Crippen LogP contribution >= 0.6 is 0 Å². The van der Waals surface area contributed by atoms with Gasteiger partial charge >= 0.3 is 6.18 Å². The third-order valence-corrected chi connectivity index (χ3v) is 4.93. The molecule has 0 aliphatic carbocycles. The van der Waals surface area contributed by atoms with Crippen LogP contribution in [0.5, 0.6) is 0 Å². The Morgan fingerprint density at radius 3 is 2.59 bits per heavy atom. The summed E-state index contributed by atoms with van der Waals surface area (Å²) >= 11 is 0. The van der Waals surface area contributed by atoms with Crippen molar-refractivity contribution in [2.24, 2.45) is 5.92 Å². The smallest absolute Gasteiger partial charge is 0.323 e. The molecule has 7 heteroatoms. The summed E-state index contributed by atoms with van der Waals surface area (Å²) in [6, 6.07) is 10.9. The summed E-state index contributed by atoms with van der Waals surface area (Å²) in [6.07, 6.45) is -3.89. The third-order valence-electron chi connectivity index (χ3n) is 4.93. The number of carbonyl (C=O) groups excluding carboxylic acids is 1. The molecule has 0 radical (unpaired) electrons. The minimum absolute atomic E-state index is 0.0681. The lowest BCUT2D eigenvalue weighted by atomic mass is 9.79. The van der Waals surface area contributed by atoms with Gasteiger partial charge in [0.15, 0.2) is 0 Å². The highest BCUT2D eigenvalue weighted by Crippen LogP contribution is 2.37. The lowest BCUT2D eigenvalue weighted by Crippen LogP contribution is -2.43. The predicted molar refractivity (Wildman–Crippen MR) is 94.8 cm³/mol.